The Bertz CT molecular complexity index is 531. The van der Waals surface area contributed by atoms with Crippen molar-refractivity contribution in [1.29, 1.82) is 0 Å². The van der Waals surface area contributed by atoms with Gasteiger partial charge in [0.25, 0.3) is 0 Å². The number of amides is 2. The minimum atomic E-state index is -4.84. The maximum Gasteiger partial charge on any atom is 0.573 e. The summed E-state index contributed by atoms with van der Waals surface area (Å²) in [5, 5.41) is 4.82. The molecule has 0 radical (unpaired) electrons. The maximum atomic E-state index is 12.2. The predicted octanol–water partition coefficient (Wildman–Crippen LogP) is 1.66. The number of anilines is 1. The molecule has 108 valence electrons. The third kappa shape index (κ3) is 3.62. The van der Waals surface area contributed by atoms with Crippen LogP contribution in [0.4, 0.5) is 18.9 Å². The number of hydrogen-bond acceptors (Lipinski definition) is 3. The summed E-state index contributed by atoms with van der Waals surface area (Å²) in [6, 6.07) is 5.22. The van der Waals surface area contributed by atoms with Gasteiger partial charge in [-0.1, -0.05) is 12.1 Å². The zero-order valence-corrected chi connectivity index (χ0v) is 10.2. The number of rotatable bonds is 3. The van der Waals surface area contributed by atoms with E-state index < -0.39 is 23.9 Å². The maximum absolute atomic E-state index is 12.2. The molecule has 0 aromatic heterocycles. The molecule has 1 unspecified atom stereocenters. The topological polar surface area (TPSA) is 67.4 Å². The first kappa shape index (κ1) is 14.2. The summed E-state index contributed by atoms with van der Waals surface area (Å²) in [6.45, 7) is 0.174. The van der Waals surface area contributed by atoms with E-state index in [1.54, 1.807) is 0 Å². The third-order valence-corrected chi connectivity index (χ3v) is 2.72. The molecule has 2 amide bonds. The van der Waals surface area contributed by atoms with E-state index in [4.69, 9.17) is 0 Å². The van der Waals surface area contributed by atoms with E-state index >= 15 is 0 Å². The Morgan fingerprint density at radius 2 is 2.05 bits per heavy atom. The van der Waals surface area contributed by atoms with E-state index in [0.717, 1.165) is 6.07 Å². The quantitative estimate of drug-likeness (QED) is 0.889. The number of carbonyl (C=O) groups excluding carboxylic acids is 2. The molecule has 0 saturated carbocycles. The zero-order valence-electron chi connectivity index (χ0n) is 10.2. The standard InChI is InChI=1S/C12H11F3N2O3/c13-12(14,15)20-9-4-2-1-3-8(9)17-11(19)7-5-10(18)16-6-7/h1-4,7H,5-6H2,(H,16,18)(H,17,19). The summed E-state index contributed by atoms with van der Waals surface area (Å²) >= 11 is 0. The monoisotopic (exact) mass is 288 g/mol. The number of hydrogen-bond donors (Lipinski definition) is 2. The molecule has 1 aromatic carbocycles. The first-order valence-electron chi connectivity index (χ1n) is 5.77. The molecule has 5 nitrogen and oxygen atoms in total. The molecule has 0 spiro atoms. The van der Waals surface area contributed by atoms with Gasteiger partial charge in [-0.15, -0.1) is 13.2 Å². The van der Waals surface area contributed by atoms with Crippen LogP contribution >= 0.6 is 0 Å². The summed E-state index contributed by atoms with van der Waals surface area (Å²) in [5.74, 6) is -1.88. The molecular formula is C12H11F3N2O3. The summed E-state index contributed by atoms with van der Waals surface area (Å²) in [6.07, 6.45) is -4.82. The lowest BCUT2D eigenvalue weighted by Gasteiger charge is -2.15. The van der Waals surface area contributed by atoms with Gasteiger partial charge in [-0.25, -0.2) is 0 Å². The molecule has 8 heteroatoms. The number of nitrogens with one attached hydrogen (secondary N) is 2. The van der Waals surface area contributed by atoms with E-state index in [-0.39, 0.29) is 24.6 Å². The smallest absolute Gasteiger partial charge is 0.404 e. The van der Waals surface area contributed by atoms with Crippen LogP contribution in [0.5, 0.6) is 5.75 Å². The summed E-state index contributed by atoms with van der Waals surface area (Å²) in [7, 11) is 0. The van der Waals surface area contributed by atoms with Gasteiger partial charge in [-0.3, -0.25) is 9.59 Å². The lowest BCUT2D eigenvalue weighted by Crippen LogP contribution is -2.25. The Kier molecular flexibility index (Phi) is 3.82. The number of benzene rings is 1. The minimum Gasteiger partial charge on any atom is -0.404 e. The molecule has 1 aliphatic rings. The highest BCUT2D eigenvalue weighted by Crippen LogP contribution is 2.30. The largest absolute Gasteiger partial charge is 0.573 e. The molecule has 0 bridgehead atoms. The summed E-state index contributed by atoms with van der Waals surface area (Å²) in [5.41, 5.74) is -0.0887. The lowest BCUT2D eigenvalue weighted by molar-refractivity contribution is -0.274. The first-order valence-corrected chi connectivity index (χ1v) is 5.77. The van der Waals surface area contributed by atoms with Gasteiger partial charge in [0.1, 0.15) is 0 Å². The molecule has 2 rings (SSSR count). The molecule has 1 aromatic rings. The SMILES string of the molecule is O=C1CC(C(=O)Nc2ccccc2OC(F)(F)F)CN1. The van der Waals surface area contributed by atoms with Gasteiger partial charge in [-0.05, 0) is 12.1 Å². The van der Waals surface area contributed by atoms with Crippen LogP contribution in [0.15, 0.2) is 24.3 Å². The van der Waals surface area contributed by atoms with Crippen LogP contribution in [0.1, 0.15) is 6.42 Å². The number of carbonyl (C=O) groups is 2. The van der Waals surface area contributed by atoms with Crippen LogP contribution in [-0.4, -0.2) is 24.7 Å². The first-order chi connectivity index (χ1) is 9.35. The van der Waals surface area contributed by atoms with Crippen LogP contribution in [-0.2, 0) is 9.59 Å². The van der Waals surface area contributed by atoms with Gasteiger partial charge >= 0.3 is 6.36 Å². The second kappa shape index (κ2) is 5.40. The fourth-order valence-corrected chi connectivity index (χ4v) is 1.81. The van der Waals surface area contributed by atoms with E-state index in [9.17, 15) is 22.8 Å². The van der Waals surface area contributed by atoms with Crippen molar-refractivity contribution in [1.82, 2.24) is 5.32 Å². The van der Waals surface area contributed by atoms with Crippen molar-refractivity contribution in [3.8, 4) is 5.75 Å². The zero-order chi connectivity index (χ0) is 14.8. The number of halogens is 3. The van der Waals surface area contributed by atoms with Gasteiger partial charge in [0.15, 0.2) is 5.75 Å². The Labute approximate surface area is 112 Å². The highest BCUT2D eigenvalue weighted by molar-refractivity contribution is 5.98. The van der Waals surface area contributed by atoms with Crippen LogP contribution in [0, 0.1) is 5.92 Å². The fraction of sp³-hybridized carbons (Fsp3) is 0.333. The molecule has 1 aliphatic heterocycles. The molecule has 1 fully saturated rings. The van der Waals surface area contributed by atoms with E-state index in [1.807, 2.05) is 0 Å². The molecule has 20 heavy (non-hydrogen) atoms. The number of ether oxygens (including phenoxy) is 1. The molecular weight excluding hydrogens is 277 g/mol. The fourth-order valence-electron chi connectivity index (χ4n) is 1.81. The number of alkyl halides is 3. The Hall–Kier alpha value is -2.25. The predicted molar refractivity (Wildman–Crippen MR) is 62.9 cm³/mol. The second-order valence-electron chi connectivity index (χ2n) is 4.24. The minimum absolute atomic E-state index is 0.0220. The van der Waals surface area contributed by atoms with Crippen molar-refractivity contribution < 1.29 is 27.5 Å². The normalized spacial score (nSPS) is 18.6. The van der Waals surface area contributed by atoms with Gasteiger partial charge < -0.3 is 15.4 Å². The van der Waals surface area contributed by atoms with Crippen LogP contribution < -0.4 is 15.4 Å². The van der Waals surface area contributed by atoms with Crippen molar-refractivity contribution in [2.75, 3.05) is 11.9 Å². The Morgan fingerprint density at radius 3 is 2.65 bits per heavy atom. The van der Waals surface area contributed by atoms with Crippen molar-refractivity contribution >= 4 is 17.5 Å². The average Bonchev–Trinajstić information content (AvgIpc) is 2.77. The van der Waals surface area contributed by atoms with Crippen molar-refractivity contribution in [3.63, 3.8) is 0 Å². The highest BCUT2D eigenvalue weighted by Gasteiger charge is 2.33. The van der Waals surface area contributed by atoms with Crippen LogP contribution in [0.2, 0.25) is 0 Å². The van der Waals surface area contributed by atoms with Crippen molar-refractivity contribution in [2.45, 2.75) is 12.8 Å². The van der Waals surface area contributed by atoms with Crippen molar-refractivity contribution in [3.05, 3.63) is 24.3 Å². The lowest BCUT2D eigenvalue weighted by atomic mass is 10.1. The van der Waals surface area contributed by atoms with Gasteiger partial charge in [0.05, 0.1) is 11.6 Å². The summed E-state index contributed by atoms with van der Waals surface area (Å²) in [4.78, 5) is 22.8. The van der Waals surface area contributed by atoms with Gasteiger partial charge in [0, 0.05) is 13.0 Å². The number of para-hydroxylation sites is 2. The van der Waals surface area contributed by atoms with Crippen molar-refractivity contribution in [2.24, 2.45) is 5.92 Å². The molecule has 0 aliphatic carbocycles. The molecule has 1 saturated heterocycles. The third-order valence-electron chi connectivity index (χ3n) is 2.72. The van der Waals surface area contributed by atoms with Gasteiger partial charge in [0.2, 0.25) is 11.8 Å². The molecule has 2 N–H and O–H groups in total. The average molecular weight is 288 g/mol. The molecule has 1 atom stereocenters. The van der Waals surface area contributed by atoms with E-state index in [2.05, 4.69) is 15.4 Å². The Morgan fingerprint density at radius 1 is 1.35 bits per heavy atom. The van der Waals surface area contributed by atoms with Crippen LogP contribution in [0.25, 0.3) is 0 Å². The highest BCUT2D eigenvalue weighted by atomic mass is 19.4. The van der Waals surface area contributed by atoms with Gasteiger partial charge in [-0.2, -0.15) is 0 Å². The molecule has 1 heterocycles. The second-order valence-corrected chi connectivity index (χ2v) is 4.24. The van der Waals surface area contributed by atoms with E-state index in [1.165, 1.54) is 18.2 Å². The van der Waals surface area contributed by atoms with Crippen LogP contribution in [0.3, 0.4) is 0 Å². The Balaban J connectivity index is 2.09. The van der Waals surface area contributed by atoms with E-state index in [0.29, 0.717) is 0 Å². The summed E-state index contributed by atoms with van der Waals surface area (Å²) < 4.78 is 40.5.